The average molecular weight is 643 g/mol. The second-order valence-electron chi connectivity index (χ2n) is 13.1. The first-order chi connectivity index (χ1) is 21.9. The van der Waals surface area contributed by atoms with Crippen LogP contribution in [0.1, 0.15) is 50.5 Å². The minimum Gasteiger partial charge on any atom is -0.494 e. The SMILES string of the molecule is C=CC(=O)Nc1cc(Nc2ncc3c(n2)N(C2CCC4(CC2)CC4)C(=O)N(CC(F)(F)F)C3)c(OC)cc1N1CC[C@@H](N(C)C)C1. The highest BCUT2D eigenvalue weighted by atomic mass is 19.4. The zero-order valence-corrected chi connectivity index (χ0v) is 26.5. The minimum absolute atomic E-state index is 0.149. The first-order valence-corrected chi connectivity index (χ1v) is 15.7. The largest absolute Gasteiger partial charge is 0.494 e. The first kappa shape index (κ1) is 31.9. The van der Waals surface area contributed by atoms with E-state index < -0.39 is 18.8 Å². The molecule has 6 rings (SSSR count). The lowest BCUT2D eigenvalue weighted by molar-refractivity contribution is -0.141. The fraction of sp³-hybridized carbons (Fsp3) is 0.562. The molecule has 2 saturated carbocycles. The quantitative estimate of drug-likeness (QED) is 0.345. The van der Waals surface area contributed by atoms with Crippen molar-refractivity contribution in [3.05, 3.63) is 36.5 Å². The van der Waals surface area contributed by atoms with Gasteiger partial charge in [0.25, 0.3) is 0 Å². The van der Waals surface area contributed by atoms with E-state index >= 15 is 0 Å². The zero-order valence-electron chi connectivity index (χ0n) is 26.5. The summed E-state index contributed by atoms with van der Waals surface area (Å²) >= 11 is 0. The number of anilines is 5. The summed E-state index contributed by atoms with van der Waals surface area (Å²) in [6, 6.07) is 3.00. The number of fused-ring (bicyclic) bond motifs is 1. The number of likely N-dealkylation sites (N-methyl/N-ethyl adjacent to an activating group) is 1. The molecule has 14 heteroatoms. The number of methoxy groups -OCH3 is 1. The van der Waals surface area contributed by atoms with Gasteiger partial charge in [0, 0.05) is 43.0 Å². The molecule has 1 aromatic carbocycles. The van der Waals surface area contributed by atoms with Crippen LogP contribution in [-0.4, -0.2) is 90.8 Å². The topological polar surface area (TPSA) is 106 Å². The minimum atomic E-state index is -4.53. The summed E-state index contributed by atoms with van der Waals surface area (Å²) < 4.78 is 46.1. The lowest BCUT2D eigenvalue weighted by Gasteiger charge is -2.42. The Morgan fingerprint density at radius 3 is 2.52 bits per heavy atom. The molecule has 1 saturated heterocycles. The number of urea groups is 1. The number of benzene rings is 1. The molecule has 0 radical (unpaired) electrons. The van der Waals surface area contributed by atoms with Gasteiger partial charge in [-0.2, -0.15) is 18.2 Å². The van der Waals surface area contributed by atoms with E-state index in [0.29, 0.717) is 52.8 Å². The van der Waals surface area contributed by atoms with E-state index in [1.165, 1.54) is 37.1 Å². The van der Waals surface area contributed by atoms with Gasteiger partial charge in [-0.15, -0.1) is 0 Å². The lowest BCUT2D eigenvalue weighted by atomic mass is 9.82. The van der Waals surface area contributed by atoms with Crippen molar-refractivity contribution in [1.82, 2.24) is 19.8 Å². The van der Waals surface area contributed by atoms with Crippen LogP contribution in [0.15, 0.2) is 31.0 Å². The Morgan fingerprint density at radius 2 is 1.91 bits per heavy atom. The van der Waals surface area contributed by atoms with Gasteiger partial charge in [0.15, 0.2) is 0 Å². The van der Waals surface area contributed by atoms with Crippen LogP contribution >= 0.6 is 0 Å². The molecule has 3 fully saturated rings. The molecule has 0 unspecified atom stereocenters. The molecule has 46 heavy (non-hydrogen) atoms. The van der Waals surface area contributed by atoms with Crippen LogP contribution in [0, 0.1) is 5.41 Å². The third-order valence-corrected chi connectivity index (χ3v) is 9.86. The van der Waals surface area contributed by atoms with Crippen molar-refractivity contribution in [3.8, 4) is 5.75 Å². The fourth-order valence-electron chi connectivity index (χ4n) is 7.00. The van der Waals surface area contributed by atoms with Crippen LogP contribution in [0.2, 0.25) is 0 Å². The number of rotatable bonds is 9. The number of alkyl halides is 3. The van der Waals surface area contributed by atoms with Crippen LogP contribution in [0.4, 0.5) is 46.8 Å². The van der Waals surface area contributed by atoms with Gasteiger partial charge in [0.2, 0.25) is 11.9 Å². The summed E-state index contributed by atoms with van der Waals surface area (Å²) in [4.78, 5) is 41.8. The molecule has 2 N–H and O–H groups in total. The third kappa shape index (κ3) is 6.58. The number of carbonyl (C=O) groups is 2. The van der Waals surface area contributed by atoms with Crippen molar-refractivity contribution >= 4 is 40.8 Å². The maximum absolute atomic E-state index is 13.6. The van der Waals surface area contributed by atoms with Crippen molar-refractivity contribution in [2.75, 3.05) is 61.3 Å². The molecule has 3 amide bonds. The van der Waals surface area contributed by atoms with Crippen molar-refractivity contribution in [2.45, 2.75) is 69.8 Å². The number of ether oxygens (including phenoxy) is 1. The molecule has 1 spiro atoms. The normalized spacial score (nSPS) is 21.1. The Morgan fingerprint density at radius 1 is 1.17 bits per heavy atom. The molecule has 248 valence electrons. The summed E-state index contributed by atoms with van der Waals surface area (Å²) in [7, 11) is 5.63. The number of halogens is 3. The van der Waals surface area contributed by atoms with Gasteiger partial charge < -0.3 is 30.1 Å². The molecule has 1 atom stereocenters. The van der Waals surface area contributed by atoms with Gasteiger partial charge in [0.1, 0.15) is 18.1 Å². The van der Waals surface area contributed by atoms with Crippen LogP contribution < -0.4 is 25.2 Å². The number of nitrogens with one attached hydrogen (secondary N) is 2. The number of hydrogen-bond acceptors (Lipinski definition) is 8. The summed E-state index contributed by atoms with van der Waals surface area (Å²) in [6.45, 7) is 3.57. The Hall–Kier alpha value is -4.07. The van der Waals surface area contributed by atoms with Gasteiger partial charge in [-0.3, -0.25) is 9.69 Å². The zero-order chi connectivity index (χ0) is 32.8. The number of carbonyl (C=O) groups excluding carboxylic acids is 2. The van der Waals surface area contributed by atoms with Crippen molar-refractivity contribution in [3.63, 3.8) is 0 Å². The van der Waals surface area contributed by atoms with E-state index in [2.05, 4.69) is 32.0 Å². The Balaban J connectivity index is 1.33. The highest BCUT2D eigenvalue weighted by Crippen LogP contribution is 2.57. The highest BCUT2D eigenvalue weighted by molar-refractivity contribution is 6.02. The fourth-order valence-corrected chi connectivity index (χ4v) is 7.00. The number of aromatic nitrogens is 2. The maximum atomic E-state index is 13.6. The van der Waals surface area contributed by atoms with Gasteiger partial charge in [-0.1, -0.05) is 6.58 Å². The number of amides is 3. The van der Waals surface area contributed by atoms with Crippen LogP contribution in [-0.2, 0) is 11.3 Å². The van der Waals surface area contributed by atoms with E-state index in [9.17, 15) is 22.8 Å². The van der Waals surface area contributed by atoms with Gasteiger partial charge in [-0.05, 0) is 76.6 Å². The number of nitrogens with zero attached hydrogens (tertiary/aromatic N) is 6. The van der Waals surface area contributed by atoms with E-state index in [4.69, 9.17) is 9.72 Å². The van der Waals surface area contributed by atoms with Crippen LogP contribution in [0.3, 0.4) is 0 Å². The predicted molar refractivity (Wildman–Crippen MR) is 170 cm³/mol. The molecule has 4 aliphatic rings. The molecule has 2 aromatic rings. The predicted octanol–water partition coefficient (Wildman–Crippen LogP) is 5.52. The van der Waals surface area contributed by atoms with Crippen LogP contribution in [0.25, 0.3) is 0 Å². The van der Waals surface area contributed by atoms with Gasteiger partial charge >= 0.3 is 12.2 Å². The molecule has 1 aromatic heterocycles. The van der Waals surface area contributed by atoms with E-state index in [0.717, 1.165) is 42.9 Å². The number of hydrogen-bond donors (Lipinski definition) is 2. The van der Waals surface area contributed by atoms with Crippen molar-refractivity contribution in [1.29, 1.82) is 0 Å². The van der Waals surface area contributed by atoms with Crippen molar-refractivity contribution in [2.24, 2.45) is 5.41 Å². The molecule has 2 aliphatic carbocycles. The average Bonchev–Trinajstić information content (AvgIpc) is 3.57. The summed E-state index contributed by atoms with van der Waals surface area (Å²) in [5.41, 5.74) is 2.59. The summed E-state index contributed by atoms with van der Waals surface area (Å²) in [6.07, 6.45) is 4.77. The Bertz CT molecular complexity index is 1500. The molecule has 3 heterocycles. The van der Waals surface area contributed by atoms with Crippen LogP contribution in [0.5, 0.6) is 5.75 Å². The van der Waals surface area contributed by atoms with E-state index in [1.807, 2.05) is 20.2 Å². The monoisotopic (exact) mass is 642 g/mol. The van der Waals surface area contributed by atoms with Gasteiger partial charge in [0.05, 0.1) is 30.7 Å². The second-order valence-corrected chi connectivity index (χ2v) is 13.1. The maximum Gasteiger partial charge on any atom is 0.406 e. The Labute approximate surface area is 266 Å². The molecule has 0 bridgehead atoms. The van der Waals surface area contributed by atoms with Gasteiger partial charge in [-0.25, -0.2) is 9.78 Å². The van der Waals surface area contributed by atoms with E-state index in [-0.39, 0.29) is 24.4 Å². The van der Waals surface area contributed by atoms with Crippen molar-refractivity contribution < 1.29 is 27.5 Å². The smallest absolute Gasteiger partial charge is 0.406 e. The highest BCUT2D eigenvalue weighted by Gasteiger charge is 2.48. The van der Waals surface area contributed by atoms with E-state index in [1.54, 1.807) is 6.07 Å². The summed E-state index contributed by atoms with van der Waals surface area (Å²) in [5.74, 6) is 0.577. The first-order valence-electron chi connectivity index (χ1n) is 15.7. The molecule has 11 nitrogen and oxygen atoms in total. The summed E-state index contributed by atoms with van der Waals surface area (Å²) in [5, 5.41) is 6.08. The molecular formula is C32H41F3N8O3. The molecule has 2 aliphatic heterocycles. The second kappa shape index (κ2) is 12.3. The molecular weight excluding hydrogens is 601 g/mol. The standard InChI is InChI=1S/C32H41F3N8O3/c1-5-27(44)37-23-14-24(26(46-4)15-25(23)41-13-8-22(18-41)40(2)3)38-29-36-16-20-17-42(19-32(33,34)35)30(45)43(28(20)39-29)21-6-9-31(10-7-21)11-12-31/h5,14-16,21-22H,1,6-13,17-19H2,2-4H3,(H,37,44)(H,36,38,39)/t22-/m1/s1. The lowest BCUT2D eigenvalue weighted by Crippen LogP contribution is -2.55. The third-order valence-electron chi connectivity index (χ3n) is 9.86. The Kier molecular flexibility index (Phi) is 8.51.